The van der Waals surface area contributed by atoms with E-state index in [0.717, 1.165) is 36.2 Å². The maximum absolute atomic E-state index is 12.9. The zero-order chi connectivity index (χ0) is 29.2. The van der Waals surface area contributed by atoms with Gasteiger partial charge >= 0.3 is 0 Å². The van der Waals surface area contributed by atoms with E-state index < -0.39 is 0 Å². The monoisotopic (exact) mass is 585 g/mol. The highest BCUT2D eigenvalue weighted by atomic mass is 32.1. The van der Waals surface area contributed by atoms with Crippen molar-refractivity contribution >= 4 is 45.1 Å². The average molecular weight is 586 g/mol. The van der Waals surface area contributed by atoms with Gasteiger partial charge in [0.25, 0.3) is 5.91 Å². The molecule has 218 valence electrons. The van der Waals surface area contributed by atoms with E-state index in [2.05, 4.69) is 39.1 Å². The van der Waals surface area contributed by atoms with Gasteiger partial charge in [-0.1, -0.05) is 31.6 Å². The molecular formula is C30H35N9O2S. The Balaban J connectivity index is 1.18. The Kier molecular flexibility index (Phi) is 7.98. The Bertz CT molecular complexity index is 1620. The fraction of sp³-hybridized carbons (Fsp3) is 0.400. The molecule has 1 aliphatic heterocycles. The van der Waals surface area contributed by atoms with Crippen molar-refractivity contribution in [3.05, 3.63) is 59.4 Å². The lowest BCUT2D eigenvalue weighted by molar-refractivity contribution is -0.125. The SMILES string of the molecule is CCCc1cnc(NC(=O)c2ccc(-c3nn(C4CCN(C(=O)C=CCN(C)C5CC5)C4)c4ncnc(N)c34)cc2)s1. The Morgan fingerprint density at radius 1 is 1.17 bits per heavy atom. The van der Waals surface area contributed by atoms with Gasteiger partial charge in [0.2, 0.25) is 5.91 Å². The summed E-state index contributed by atoms with van der Waals surface area (Å²) in [7, 11) is 2.10. The van der Waals surface area contributed by atoms with Crippen molar-refractivity contribution in [2.45, 2.75) is 51.1 Å². The van der Waals surface area contributed by atoms with Gasteiger partial charge in [-0.25, -0.2) is 19.6 Å². The van der Waals surface area contributed by atoms with Crippen LogP contribution < -0.4 is 11.1 Å². The first kappa shape index (κ1) is 28.0. The van der Waals surface area contributed by atoms with Crippen LogP contribution in [-0.4, -0.2) is 79.1 Å². The van der Waals surface area contributed by atoms with Gasteiger partial charge in [-0.05, 0) is 44.9 Å². The Labute approximate surface area is 248 Å². The number of rotatable bonds is 10. The number of anilines is 2. The third kappa shape index (κ3) is 5.90. The summed E-state index contributed by atoms with van der Waals surface area (Å²) in [6.45, 7) is 4.08. The molecule has 1 atom stereocenters. The van der Waals surface area contributed by atoms with Gasteiger partial charge in [0.15, 0.2) is 10.8 Å². The molecule has 11 nitrogen and oxygen atoms in total. The highest BCUT2D eigenvalue weighted by Crippen LogP contribution is 2.34. The van der Waals surface area contributed by atoms with Crippen molar-refractivity contribution in [2.24, 2.45) is 0 Å². The third-order valence-corrected chi connectivity index (χ3v) is 8.83. The number of nitrogen functional groups attached to an aromatic ring is 1. The lowest BCUT2D eigenvalue weighted by atomic mass is 10.1. The van der Waals surface area contributed by atoms with Gasteiger partial charge in [-0.15, -0.1) is 11.3 Å². The molecule has 4 aromatic rings. The van der Waals surface area contributed by atoms with Crippen LogP contribution in [-0.2, 0) is 11.2 Å². The molecule has 0 bridgehead atoms. The highest BCUT2D eigenvalue weighted by Gasteiger charge is 2.30. The molecular weight excluding hydrogens is 550 g/mol. The molecule has 1 unspecified atom stereocenters. The fourth-order valence-electron chi connectivity index (χ4n) is 5.36. The molecule has 2 amide bonds. The third-order valence-electron chi connectivity index (χ3n) is 7.85. The molecule has 0 spiro atoms. The van der Waals surface area contributed by atoms with Crippen molar-refractivity contribution < 1.29 is 9.59 Å². The summed E-state index contributed by atoms with van der Waals surface area (Å²) >= 11 is 1.49. The van der Waals surface area contributed by atoms with Crippen LogP contribution in [0.5, 0.6) is 0 Å². The fourth-order valence-corrected chi connectivity index (χ4v) is 6.27. The van der Waals surface area contributed by atoms with Crippen LogP contribution >= 0.6 is 11.3 Å². The summed E-state index contributed by atoms with van der Waals surface area (Å²) in [4.78, 5) is 44.1. The number of thiazole rings is 1. The lowest BCUT2D eigenvalue weighted by Gasteiger charge is -2.16. The summed E-state index contributed by atoms with van der Waals surface area (Å²) in [5, 5.41) is 9.07. The summed E-state index contributed by atoms with van der Waals surface area (Å²) < 4.78 is 1.87. The minimum Gasteiger partial charge on any atom is -0.383 e. The maximum Gasteiger partial charge on any atom is 0.257 e. The van der Waals surface area contributed by atoms with Gasteiger partial charge in [-0.2, -0.15) is 5.10 Å². The molecule has 1 aromatic carbocycles. The van der Waals surface area contributed by atoms with E-state index in [-0.39, 0.29) is 17.9 Å². The van der Waals surface area contributed by atoms with E-state index in [1.165, 1.54) is 30.5 Å². The number of hydrogen-bond acceptors (Lipinski definition) is 9. The predicted molar refractivity (Wildman–Crippen MR) is 164 cm³/mol. The number of nitrogens with zero attached hydrogens (tertiary/aromatic N) is 7. The van der Waals surface area contributed by atoms with Crippen LogP contribution in [0.4, 0.5) is 10.9 Å². The van der Waals surface area contributed by atoms with E-state index in [4.69, 9.17) is 10.8 Å². The normalized spacial score (nSPS) is 17.1. The molecule has 3 N–H and O–H groups in total. The molecule has 2 fully saturated rings. The van der Waals surface area contributed by atoms with E-state index >= 15 is 0 Å². The number of likely N-dealkylation sites (tertiary alicyclic amines) is 1. The number of benzene rings is 1. The van der Waals surface area contributed by atoms with Crippen LogP contribution in [0.3, 0.4) is 0 Å². The zero-order valence-electron chi connectivity index (χ0n) is 23.9. The molecule has 3 aromatic heterocycles. The van der Waals surface area contributed by atoms with Gasteiger partial charge in [-0.3, -0.25) is 19.8 Å². The summed E-state index contributed by atoms with van der Waals surface area (Å²) in [6.07, 6.45) is 12.1. The topological polar surface area (TPSA) is 135 Å². The second-order valence-electron chi connectivity index (χ2n) is 11.0. The van der Waals surface area contributed by atoms with Crippen LogP contribution in [0.25, 0.3) is 22.3 Å². The van der Waals surface area contributed by atoms with E-state index in [0.29, 0.717) is 52.4 Å². The van der Waals surface area contributed by atoms with E-state index in [9.17, 15) is 9.59 Å². The standard InChI is InChI=1S/C30H35N9O2S/c1-3-5-23-16-32-30(42-23)35-29(41)20-9-7-19(8-10-20)26-25-27(31)33-18-34-28(25)39(36-26)22-13-15-38(17-22)24(40)6-4-14-37(2)21-11-12-21/h4,6-10,16,18,21-22H,3,5,11-15,17H2,1-2H3,(H2,31,33,34)(H,32,35,41). The number of aryl methyl sites for hydroxylation is 1. The van der Waals surface area contributed by atoms with Crippen LogP contribution in [0.15, 0.2) is 48.9 Å². The van der Waals surface area contributed by atoms with Gasteiger partial charge in [0.1, 0.15) is 17.8 Å². The summed E-state index contributed by atoms with van der Waals surface area (Å²) in [5.74, 6) is 0.130. The second-order valence-corrected chi connectivity index (χ2v) is 12.1. The minimum atomic E-state index is -0.221. The zero-order valence-corrected chi connectivity index (χ0v) is 24.7. The molecule has 1 saturated heterocycles. The van der Waals surface area contributed by atoms with E-state index in [1.807, 2.05) is 34.0 Å². The number of carbonyl (C=O) groups excluding carboxylic acids is 2. The largest absolute Gasteiger partial charge is 0.383 e. The number of hydrogen-bond donors (Lipinski definition) is 2. The first-order valence-electron chi connectivity index (χ1n) is 14.4. The number of nitrogens with two attached hydrogens (primary N) is 1. The smallest absolute Gasteiger partial charge is 0.257 e. The van der Waals surface area contributed by atoms with Gasteiger partial charge in [0.05, 0.1) is 11.4 Å². The molecule has 12 heteroatoms. The van der Waals surface area contributed by atoms with Crippen LogP contribution in [0.1, 0.15) is 53.9 Å². The summed E-state index contributed by atoms with van der Waals surface area (Å²) in [6, 6.07) is 7.85. The number of amides is 2. The van der Waals surface area contributed by atoms with Crippen molar-refractivity contribution in [2.75, 3.05) is 37.7 Å². The van der Waals surface area contributed by atoms with Crippen molar-refractivity contribution in [3.8, 4) is 11.3 Å². The van der Waals surface area contributed by atoms with Gasteiger partial charge in [0, 0.05) is 54.0 Å². The molecule has 42 heavy (non-hydrogen) atoms. The molecule has 6 rings (SSSR count). The van der Waals surface area contributed by atoms with E-state index in [1.54, 1.807) is 18.2 Å². The maximum atomic E-state index is 12.9. The Morgan fingerprint density at radius 2 is 1.98 bits per heavy atom. The first-order chi connectivity index (χ1) is 20.4. The quantitative estimate of drug-likeness (QED) is 0.265. The summed E-state index contributed by atoms with van der Waals surface area (Å²) in [5.41, 5.74) is 8.91. The number of carbonyl (C=O) groups is 2. The van der Waals surface area contributed by atoms with Crippen molar-refractivity contribution in [1.82, 2.24) is 34.5 Å². The predicted octanol–water partition coefficient (Wildman–Crippen LogP) is 4.16. The molecule has 2 aliphatic rings. The Morgan fingerprint density at radius 3 is 2.74 bits per heavy atom. The highest BCUT2D eigenvalue weighted by molar-refractivity contribution is 7.15. The number of aromatic nitrogens is 5. The van der Waals surface area contributed by atoms with Crippen LogP contribution in [0, 0.1) is 0 Å². The minimum absolute atomic E-state index is 0.0146. The van der Waals surface area contributed by atoms with Gasteiger partial charge < -0.3 is 10.6 Å². The number of likely N-dealkylation sites (N-methyl/N-ethyl adjacent to an activating group) is 1. The molecule has 1 saturated carbocycles. The lowest BCUT2D eigenvalue weighted by Crippen LogP contribution is -2.28. The Hall–Kier alpha value is -4.16. The molecule has 0 radical (unpaired) electrons. The first-order valence-corrected chi connectivity index (χ1v) is 15.2. The molecule has 1 aliphatic carbocycles. The molecule has 4 heterocycles. The van der Waals surface area contributed by atoms with Crippen molar-refractivity contribution in [1.29, 1.82) is 0 Å². The average Bonchev–Trinajstić information content (AvgIpc) is 3.36. The second kappa shape index (κ2) is 12.0. The number of fused-ring (bicyclic) bond motifs is 1. The number of nitrogens with one attached hydrogen (secondary N) is 1. The van der Waals surface area contributed by atoms with Crippen molar-refractivity contribution in [3.63, 3.8) is 0 Å². The van der Waals surface area contributed by atoms with Crippen LogP contribution in [0.2, 0.25) is 0 Å².